The van der Waals surface area contributed by atoms with Gasteiger partial charge in [0.25, 0.3) is 11.5 Å². The topological polar surface area (TPSA) is 198 Å². The molecule has 0 aliphatic heterocycles. The number of nitrogens with one attached hydrogen (secondary N) is 3. The van der Waals surface area contributed by atoms with Crippen LogP contribution < -0.4 is 33.1 Å². The van der Waals surface area contributed by atoms with Gasteiger partial charge in [0, 0.05) is 17.8 Å². The van der Waals surface area contributed by atoms with E-state index in [2.05, 4.69) is 32.3 Å². The Bertz CT molecular complexity index is 1880. The fraction of sp³-hybridized carbons (Fsp3) is 0.161. The van der Waals surface area contributed by atoms with Crippen molar-refractivity contribution >= 4 is 46.8 Å². The number of hydrogen-bond donors (Lipinski definition) is 6. The molecular formula is C31H32N10O3. The Kier molecular flexibility index (Phi) is 8.77. The number of aromatic nitrogens is 4. The molecule has 8 N–H and O–H groups in total. The van der Waals surface area contributed by atoms with Crippen molar-refractivity contribution in [3.8, 4) is 5.69 Å². The number of hydroxylamine groups is 1. The summed E-state index contributed by atoms with van der Waals surface area (Å²) in [5.41, 5.74) is 16.9. The maximum Gasteiger partial charge on any atom is 0.274 e. The standard InChI is InChI=1S/C31H32N10O3/c1-3-22(36-27-21(17-34-2)26(32)38-31(33)39-27)28-37-24-11-7-10-23(25(24)30(43)41(28)20-8-5-4-6-9-20)35-16-18-12-14-19(15-13-18)29(42)40-44/h4-15,22,35,44H,2-3,16-17H2,1H3,(H,40,42)(H5,32,33,36,38,39)/t22-/m0/s1. The minimum absolute atomic E-state index is 0.00149. The van der Waals surface area contributed by atoms with Gasteiger partial charge in [-0.3, -0.25) is 24.4 Å². The molecule has 5 rings (SSSR count). The number of para-hydroxylation sites is 1. The van der Waals surface area contributed by atoms with Crippen molar-refractivity contribution in [1.29, 1.82) is 0 Å². The third-order valence-corrected chi connectivity index (χ3v) is 7.10. The van der Waals surface area contributed by atoms with Gasteiger partial charge in [0.1, 0.15) is 17.5 Å². The second kappa shape index (κ2) is 13.0. The van der Waals surface area contributed by atoms with E-state index in [1.807, 2.05) is 49.4 Å². The number of fused-ring (bicyclic) bond motifs is 1. The Morgan fingerprint density at radius 3 is 2.45 bits per heavy atom. The molecule has 5 aromatic rings. The van der Waals surface area contributed by atoms with Crippen molar-refractivity contribution in [2.75, 3.05) is 22.1 Å². The molecule has 0 unspecified atom stereocenters. The van der Waals surface area contributed by atoms with Crippen molar-refractivity contribution in [1.82, 2.24) is 25.0 Å². The van der Waals surface area contributed by atoms with E-state index in [1.165, 1.54) is 0 Å². The fourth-order valence-corrected chi connectivity index (χ4v) is 4.91. The van der Waals surface area contributed by atoms with E-state index in [1.54, 1.807) is 40.4 Å². The SMILES string of the molecule is C=NCc1c(N)nc(N)nc1N[C@@H](CC)c1nc2cccc(NCc3ccc(C(=O)NO)cc3)c2c(=O)n1-c1ccccc1. The van der Waals surface area contributed by atoms with Gasteiger partial charge >= 0.3 is 0 Å². The summed E-state index contributed by atoms with van der Waals surface area (Å²) in [6.07, 6.45) is 0.539. The van der Waals surface area contributed by atoms with Crippen LogP contribution in [0.15, 0.2) is 82.6 Å². The lowest BCUT2D eigenvalue weighted by molar-refractivity contribution is 0.0706. The number of benzene rings is 3. The fourth-order valence-electron chi connectivity index (χ4n) is 4.91. The molecule has 2 heterocycles. The van der Waals surface area contributed by atoms with Gasteiger partial charge in [-0.15, -0.1) is 0 Å². The zero-order chi connectivity index (χ0) is 31.2. The molecule has 44 heavy (non-hydrogen) atoms. The normalized spacial score (nSPS) is 11.6. The van der Waals surface area contributed by atoms with E-state index in [-0.39, 0.29) is 23.9 Å². The number of carbonyl (C=O) groups excluding carboxylic acids is 1. The molecule has 3 aromatic carbocycles. The van der Waals surface area contributed by atoms with Crippen LogP contribution in [0.4, 0.5) is 23.3 Å². The number of anilines is 4. The number of nitrogens with two attached hydrogens (primary N) is 2. The summed E-state index contributed by atoms with van der Waals surface area (Å²) < 4.78 is 1.59. The van der Waals surface area contributed by atoms with E-state index in [0.717, 1.165) is 5.56 Å². The second-order valence-electron chi connectivity index (χ2n) is 9.92. The number of nitrogen functional groups attached to an aromatic ring is 2. The number of nitrogens with zero attached hydrogens (tertiary/aromatic N) is 5. The largest absolute Gasteiger partial charge is 0.383 e. The summed E-state index contributed by atoms with van der Waals surface area (Å²) in [6.45, 7) is 6.09. The van der Waals surface area contributed by atoms with Crippen molar-refractivity contribution < 1.29 is 10.0 Å². The maximum atomic E-state index is 14.4. The van der Waals surface area contributed by atoms with E-state index in [0.29, 0.717) is 58.0 Å². The molecular weight excluding hydrogens is 560 g/mol. The summed E-state index contributed by atoms with van der Waals surface area (Å²) in [5.74, 6) is 0.459. The number of aliphatic imine (C=N–C) groups is 1. The predicted molar refractivity (Wildman–Crippen MR) is 171 cm³/mol. The van der Waals surface area contributed by atoms with Crippen LogP contribution in [0, 0.1) is 0 Å². The molecule has 0 aliphatic rings. The molecule has 13 heteroatoms. The van der Waals surface area contributed by atoms with Gasteiger partial charge in [0.05, 0.1) is 34.7 Å². The first-order valence-corrected chi connectivity index (χ1v) is 13.8. The number of rotatable bonds is 11. The van der Waals surface area contributed by atoms with Crippen molar-refractivity contribution in [3.05, 3.63) is 106 Å². The Morgan fingerprint density at radius 2 is 1.77 bits per heavy atom. The zero-order valence-electron chi connectivity index (χ0n) is 24.0. The molecule has 1 atom stereocenters. The molecule has 13 nitrogen and oxygen atoms in total. The van der Waals surface area contributed by atoms with Gasteiger partial charge in [-0.2, -0.15) is 9.97 Å². The quantitative estimate of drug-likeness (QED) is 0.0744. The lowest BCUT2D eigenvalue weighted by atomic mass is 10.1. The third-order valence-electron chi connectivity index (χ3n) is 7.10. The molecule has 0 radical (unpaired) electrons. The second-order valence-corrected chi connectivity index (χ2v) is 9.92. The lowest BCUT2D eigenvalue weighted by Gasteiger charge is -2.24. The van der Waals surface area contributed by atoms with Crippen molar-refractivity contribution in [2.45, 2.75) is 32.5 Å². The van der Waals surface area contributed by atoms with Crippen molar-refractivity contribution in [2.24, 2.45) is 4.99 Å². The van der Waals surface area contributed by atoms with Gasteiger partial charge in [0.15, 0.2) is 0 Å². The molecule has 224 valence electrons. The minimum Gasteiger partial charge on any atom is -0.383 e. The van der Waals surface area contributed by atoms with Gasteiger partial charge in [0.2, 0.25) is 5.95 Å². The van der Waals surface area contributed by atoms with Crippen LogP contribution in [-0.4, -0.2) is 37.4 Å². The summed E-state index contributed by atoms with van der Waals surface area (Å²) in [4.78, 5) is 43.4. The van der Waals surface area contributed by atoms with Crippen LogP contribution in [0.25, 0.3) is 16.6 Å². The molecule has 0 fully saturated rings. The van der Waals surface area contributed by atoms with E-state index >= 15 is 0 Å². The Hall–Kier alpha value is -5.82. The first-order valence-electron chi connectivity index (χ1n) is 13.8. The zero-order valence-corrected chi connectivity index (χ0v) is 24.0. The summed E-state index contributed by atoms with van der Waals surface area (Å²) in [5, 5.41) is 16.0. The van der Waals surface area contributed by atoms with Crippen LogP contribution in [0.1, 0.15) is 46.7 Å². The summed E-state index contributed by atoms with van der Waals surface area (Å²) in [6, 6.07) is 21.0. The van der Waals surface area contributed by atoms with Crippen LogP contribution in [0.5, 0.6) is 0 Å². The maximum absolute atomic E-state index is 14.4. The highest BCUT2D eigenvalue weighted by Crippen LogP contribution is 2.29. The summed E-state index contributed by atoms with van der Waals surface area (Å²) in [7, 11) is 0. The first kappa shape index (κ1) is 29.7. The average Bonchev–Trinajstić information content (AvgIpc) is 3.04. The smallest absolute Gasteiger partial charge is 0.274 e. The number of carbonyl (C=O) groups is 1. The molecule has 0 spiro atoms. The number of hydrogen-bond acceptors (Lipinski definition) is 11. The molecule has 1 amide bonds. The Labute approximate surface area is 252 Å². The van der Waals surface area contributed by atoms with Gasteiger partial charge in [-0.1, -0.05) is 43.3 Å². The van der Waals surface area contributed by atoms with Gasteiger partial charge < -0.3 is 22.1 Å². The third kappa shape index (κ3) is 6.03. The molecule has 0 aliphatic carbocycles. The molecule has 0 saturated carbocycles. The van der Waals surface area contributed by atoms with E-state index in [4.69, 9.17) is 21.7 Å². The first-order chi connectivity index (χ1) is 21.3. The van der Waals surface area contributed by atoms with Crippen molar-refractivity contribution in [3.63, 3.8) is 0 Å². The summed E-state index contributed by atoms with van der Waals surface area (Å²) >= 11 is 0. The molecule has 2 aromatic heterocycles. The predicted octanol–water partition coefficient (Wildman–Crippen LogP) is 3.84. The van der Waals surface area contributed by atoms with Gasteiger partial charge in [-0.05, 0) is 55.1 Å². The molecule has 0 saturated heterocycles. The Balaban J connectivity index is 1.59. The van der Waals surface area contributed by atoms with Crippen LogP contribution >= 0.6 is 0 Å². The van der Waals surface area contributed by atoms with Crippen LogP contribution in [0.3, 0.4) is 0 Å². The van der Waals surface area contributed by atoms with E-state index < -0.39 is 11.9 Å². The minimum atomic E-state index is -0.595. The molecule has 0 bridgehead atoms. The monoisotopic (exact) mass is 592 g/mol. The average molecular weight is 593 g/mol. The van der Waals surface area contributed by atoms with E-state index in [9.17, 15) is 9.59 Å². The highest BCUT2D eigenvalue weighted by molar-refractivity contribution is 5.93. The highest BCUT2D eigenvalue weighted by Gasteiger charge is 2.23. The Morgan fingerprint density at radius 1 is 1.02 bits per heavy atom. The van der Waals surface area contributed by atoms with Gasteiger partial charge in [-0.25, -0.2) is 10.5 Å². The van der Waals surface area contributed by atoms with Crippen LogP contribution in [-0.2, 0) is 13.1 Å². The van der Waals surface area contributed by atoms with Crippen LogP contribution in [0.2, 0.25) is 0 Å². The lowest BCUT2D eigenvalue weighted by Crippen LogP contribution is -2.29. The number of amides is 1. The highest BCUT2D eigenvalue weighted by atomic mass is 16.5.